The molecule has 0 fully saturated rings. The third kappa shape index (κ3) is 4.08. The summed E-state index contributed by atoms with van der Waals surface area (Å²) in [5.41, 5.74) is 5.98. The molecule has 4 rings (SSSR count). The zero-order valence-corrected chi connectivity index (χ0v) is 15.4. The molecule has 0 atom stereocenters. The van der Waals surface area contributed by atoms with Crippen LogP contribution < -0.4 is 10.9 Å². The van der Waals surface area contributed by atoms with Crippen LogP contribution in [0.25, 0.3) is 16.5 Å². The molecule has 0 saturated heterocycles. The summed E-state index contributed by atoms with van der Waals surface area (Å²) in [5, 5.41) is 16.2. The van der Waals surface area contributed by atoms with Gasteiger partial charge in [-0.1, -0.05) is 60.7 Å². The summed E-state index contributed by atoms with van der Waals surface area (Å²) in [7, 11) is 0. The van der Waals surface area contributed by atoms with Gasteiger partial charge in [0.1, 0.15) is 0 Å². The third-order valence-electron chi connectivity index (χ3n) is 4.42. The van der Waals surface area contributed by atoms with Crippen LogP contribution in [-0.2, 0) is 11.2 Å². The number of para-hydroxylation sites is 1. The Morgan fingerprint density at radius 1 is 0.897 bits per heavy atom. The predicted octanol–water partition coefficient (Wildman–Crippen LogP) is 2.73. The normalized spacial score (nSPS) is 10.6. The van der Waals surface area contributed by atoms with Gasteiger partial charge in [0.15, 0.2) is 11.4 Å². The molecular weight excluding hydrogens is 368 g/mol. The van der Waals surface area contributed by atoms with Crippen LogP contribution in [0, 0.1) is 0 Å². The minimum atomic E-state index is -0.705. The van der Waals surface area contributed by atoms with Crippen molar-refractivity contribution in [1.82, 2.24) is 20.6 Å². The van der Waals surface area contributed by atoms with Gasteiger partial charge in [0.2, 0.25) is 5.91 Å². The number of aromatic hydroxyl groups is 1. The number of hydrazine groups is 1. The Bertz CT molecular complexity index is 1190. The second kappa shape index (κ2) is 7.85. The minimum Gasteiger partial charge on any atom is -0.504 e. The smallest absolute Gasteiger partial charge is 0.294 e. The molecule has 144 valence electrons. The molecule has 4 aromatic rings. The summed E-state index contributed by atoms with van der Waals surface area (Å²) < 4.78 is 1.39. The summed E-state index contributed by atoms with van der Waals surface area (Å²) in [6.07, 6.45) is 1.44. The second-order valence-corrected chi connectivity index (χ2v) is 6.50. The highest BCUT2D eigenvalue weighted by molar-refractivity contribution is 5.96. The molecule has 0 aliphatic heterocycles. The van der Waals surface area contributed by atoms with E-state index in [0.717, 1.165) is 16.3 Å². The van der Waals surface area contributed by atoms with Crippen molar-refractivity contribution < 1.29 is 14.7 Å². The predicted molar refractivity (Wildman–Crippen MR) is 108 cm³/mol. The number of aromatic nitrogens is 2. The number of benzene rings is 3. The van der Waals surface area contributed by atoms with Crippen LogP contribution in [0.3, 0.4) is 0 Å². The van der Waals surface area contributed by atoms with E-state index < -0.39 is 5.91 Å². The van der Waals surface area contributed by atoms with Crippen LogP contribution >= 0.6 is 0 Å². The van der Waals surface area contributed by atoms with E-state index in [1.165, 1.54) is 10.9 Å². The van der Waals surface area contributed by atoms with E-state index in [2.05, 4.69) is 16.0 Å². The van der Waals surface area contributed by atoms with Crippen molar-refractivity contribution in [3.05, 3.63) is 90.3 Å². The lowest BCUT2D eigenvalue weighted by Crippen LogP contribution is -2.42. The zero-order valence-electron chi connectivity index (χ0n) is 15.4. The lowest BCUT2D eigenvalue weighted by atomic mass is 10.1. The Kier molecular flexibility index (Phi) is 4.94. The molecule has 0 saturated carbocycles. The van der Waals surface area contributed by atoms with Crippen LogP contribution in [0.15, 0.2) is 79.0 Å². The lowest BCUT2D eigenvalue weighted by molar-refractivity contribution is -0.121. The summed E-state index contributed by atoms with van der Waals surface area (Å²) >= 11 is 0. The highest BCUT2D eigenvalue weighted by Gasteiger charge is 2.17. The molecule has 0 aliphatic rings. The molecule has 0 radical (unpaired) electrons. The van der Waals surface area contributed by atoms with Crippen molar-refractivity contribution in [3.8, 4) is 11.4 Å². The van der Waals surface area contributed by atoms with Crippen molar-refractivity contribution in [2.75, 3.05) is 0 Å². The first-order valence-electron chi connectivity index (χ1n) is 9.01. The van der Waals surface area contributed by atoms with E-state index in [9.17, 15) is 14.7 Å². The van der Waals surface area contributed by atoms with Crippen molar-refractivity contribution >= 4 is 22.6 Å². The van der Waals surface area contributed by atoms with Gasteiger partial charge in [0.25, 0.3) is 5.91 Å². The standard InChI is InChI=1S/C22H18N4O3/c27-19-14-26(18-8-2-1-3-9-18)25-21(19)22(29)24-23-20(28)13-15-10-11-16-6-4-5-7-17(16)12-15/h1-12,14,27H,13H2,(H,23,28)(H,24,29). The van der Waals surface area contributed by atoms with Gasteiger partial charge in [0.05, 0.1) is 18.3 Å². The molecule has 2 amide bonds. The molecule has 7 heteroatoms. The van der Waals surface area contributed by atoms with Gasteiger partial charge >= 0.3 is 0 Å². The number of nitrogens with one attached hydrogen (secondary N) is 2. The number of rotatable bonds is 4. The number of hydrogen-bond acceptors (Lipinski definition) is 4. The number of hydrogen-bond donors (Lipinski definition) is 3. The number of amides is 2. The van der Waals surface area contributed by atoms with Crippen LogP contribution in [0.2, 0.25) is 0 Å². The molecule has 3 aromatic carbocycles. The first-order valence-corrected chi connectivity index (χ1v) is 9.01. The molecule has 1 aromatic heterocycles. The summed E-state index contributed by atoms with van der Waals surface area (Å²) in [6.45, 7) is 0. The molecule has 3 N–H and O–H groups in total. The topological polar surface area (TPSA) is 96.3 Å². The maximum absolute atomic E-state index is 12.3. The zero-order chi connectivity index (χ0) is 20.2. The van der Waals surface area contributed by atoms with Crippen molar-refractivity contribution in [1.29, 1.82) is 0 Å². The molecule has 1 heterocycles. The Labute approximate surface area is 166 Å². The Morgan fingerprint density at radius 2 is 1.62 bits per heavy atom. The number of fused-ring (bicyclic) bond motifs is 1. The number of nitrogens with zero attached hydrogens (tertiary/aromatic N) is 2. The molecule has 7 nitrogen and oxygen atoms in total. The van der Waals surface area contributed by atoms with Gasteiger partial charge < -0.3 is 5.11 Å². The second-order valence-electron chi connectivity index (χ2n) is 6.50. The Balaban J connectivity index is 1.39. The monoisotopic (exact) mass is 386 g/mol. The lowest BCUT2D eigenvalue weighted by Gasteiger charge is -2.07. The van der Waals surface area contributed by atoms with Gasteiger partial charge in [-0.2, -0.15) is 5.10 Å². The molecule has 0 unspecified atom stereocenters. The molecule has 0 aliphatic carbocycles. The fraction of sp³-hybridized carbons (Fsp3) is 0.0455. The molecule has 29 heavy (non-hydrogen) atoms. The number of carbonyl (C=O) groups is 2. The highest BCUT2D eigenvalue weighted by Crippen LogP contribution is 2.18. The Morgan fingerprint density at radius 3 is 2.41 bits per heavy atom. The Hall–Kier alpha value is -4.13. The third-order valence-corrected chi connectivity index (χ3v) is 4.42. The van der Waals surface area contributed by atoms with Crippen molar-refractivity contribution in [3.63, 3.8) is 0 Å². The summed E-state index contributed by atoms with van der Waals surface area (Å²) in [4.78, 5) is 24.5. The largest absolute Gasteiger partial charge is 0.504 e. The fourth-order valence-electron chi connectivity index (χ4n) is 3.00. The van der Waals surface area contributed by atoms with Crippen LogP contribution in [0.1, 0.15) is 16.1 Å². The summed E-state index contributed by atoms with van der Waals surface area (Å²) in [6, 6.07) is 22.7. The highest BCUT2D eigenvalue weighted by atomic mass is 16.3. The first-order chi connectivity index (χ1) is 14.1. The maximum Gasteiger partial charge on any atom is 0.294 e. The molecule has 0 spiro atoms. The van der Waals surface area contributed by atoms with Crippen LogP contribution in [0.5, 0.6) is 5.75 Å². The van der Waals surface area contributed by atoms with E-state index >= 15 is 0 Å². The van der Waals surface area contributed by atoms with E-state index in [1.807, 2.05) is 60.7 Å². The number of carbonyl (C=O) groups excluding carboxylic acids is 2. The maximum atomic E-state index is 12.3. The quantitative estimate of drug-likeness (QED) is 0.470. The average Bonchev–Trinajstić information content (AvgIpc) is 3.14. The molecular formula is C22H18N4O3. The van der Waals surface area contributed by atoms with Gasteiger partial charge in [-0.05, 0) is 28.5 Å². The van der Waals surface area contributed by atoms with E-state index in [-0.39, 0.29) is 23.8 Å². The van der Waals surface area contributed by atoms with Gasteiger partial charge in [-0.3, -0.25) is 20.4 Å². The van der Waals surface area contributed by atoms with Crippen molar-refractivity contribution in [2.45, 2.75) is 6.42 Å². The van der Waals surface area contributed by atoms with Gasteiger partial charge in [-0.25, -0.2) is 4.68 Å². The fourth-order valence-corrected chi connectivity index (χ4v) is 3.00. The van der Waals surface area contributed by atoms with E-state index in [4.69, 9.17) is 0 Å². The molecule has 0 bridgehead atoms. The van der Waals surface area contributed by atoms with E-state index in [0.29, 0.717) is 5.69 Å². The average molecular weight is 386 g/mol. The first kappa shape index (κ1) is 18.2. The van der Waals surface area contributed by atoms with Crippen LogP contribution in [0.4, 0.5) is 0 Å². The van der Waals surface area contributed by atoms with Crippen molar-refractivity contribution in [2.24, 2.45) is 0 Å². The summed E-state index contributed by atoms with van der Waals surface area (Å²) in [5.74, 6) is -1.37. The van der Waals surface area contributed by atoms with Gasteiger partial charge in [0, 0.05) is 0 Å². The van der Waals surface area contributed by atoms with Gasteiger partial charge in [-0.15, -0.1) is 0 Å². The van der Waals surface area contributed by atoms with E-state index in [1.54, 1.807) is 12.1 Å². The van der Waals surface area contributed by atoms with Crippen LogP contribution in [-0.4, -0.2) is 26.7 Å². The minimum absolute atomic E-state index is 0.107. The SMILES string of the molecule is O=C(Cc1ccc2ccccc2c1)NNC(=O)c1nn(-c2ccccc2)cc1O.